The molecule has 27 heavy (non-hydrogen) atoms. The molecule has 1 aromatic carbocycles. The maximum atomic E-state index is 13.5. The smallest absolute Gasteiger partial charge is 0.146 e. The van der Waals surface area contributed by atoms with Crippen LogP contribution in [0.4, 0.5) is 10.2 Å². The Morgan fingerprint density at radius 3 is 2.74 bits per heavy atom. The van der Waals surface area contributed by atoms with E-state index in [1.165, 1.54) is 18.5 Å². The molecule has 0 atom stereocenters. The Bertz CT molecular complexity index is 1140. The Morgan fingerprint density at radius 2 is 1.93 bits per heavy atom. The summed E-state index contributed by atoms with van der Waals surface area (Å²) in [5.41, 5.74) is 14.5. The van der Waals surface area contributed by atoms with E-state index in [-0.39, 0.29) is 11.9 Å². The van der Waals surface area contributed by atoms with Gasteiger partial charge in [0.1, 0.15) is 35.0 Å². The van der Waals surface area contributed by atoms with E-state index in [1.54, 1.807) is 6.07 Å². The van der Waals surface area contributed by atoms with E-state index in [2.05, 4.69) is 14.5 Å². The van der Waals surface area contributed by atoms with Crippen molar-refractivity contribution in [3.8, 4) is 11.3 Å². The molecule has 4 aromatic rings. The molecule has 0 aliphatic heterocycles. The molecule has 0 unspecified atom stereocenters. The molecule has 1 saturated carbocycles. The second-order valence-electron chi connectivity index (χ2n) is 7.27. The van der Waals surface area contributed by atoms with Crippen LogP contribution in [-0.4, -0.2) is 20.6 Å². The molecule has 0 amide bonds. The fourth-order valence-corrected chi connectivity index (χ4v) is 4.10. The summed E-state index contributed by atoms with van der Waals surface area (Å²) >= 11 is 0. The normalized spacial score (nSPS) is 20.5. The van der Waals surface area contributed by atoms with Crippen molar-refractivity contribution in [3.05, 3.63) is 42.6 Å². The fraction of sp³-hybridized carbons (Fsp3) is 0.300. The predicted octanol–water partition coefficient (Wildman–Crippen LogP) is 4.01. The Labute approximate surface area is 155 Å². The lowest BCUT2D eigenvalue weighted by molar-refractivity contribution is 0.329. The summed E-state index contributed by atoms with van der Waals surface area (Å²) in [5, 5.41) is 1.48. The summed E-state index contributed by atoms with van der Waals surface area (Å²) < 4.78 is 21.7. The Morgan fingerprint density at radius 1 is 1.11 bits per heavy atom. The molecule has 6 nitrogen and oxygen atoms in total. The van der Waals surface area contributed by atoms with Crippen molar-refractivity contribution in [2.45, 2.75) is 37.8 Å². The van der Waals surface area contributed by atoms with E-state index < -0.39 is 0 Å². The number of halogens is 1. The summed E-state index contributed by atoms with van der Waals surface area (Å²) in [6.45, 7) is 0. The first-order chi connectivity index (χ1) is 13.1. The maximum absolute atomic E-state index is 13.5. The summed E-state index contributed by atoms with van der Waals surface area (Å²) in [5.74, 6) is 0.750. The van der Waals surface area contributed by atoms with Gasteiger partial charge in [-0.1, -0.05) is 0 Å². The topological polar surface area (TPSA) is 95.9 Å². The van der Waals surface area contributed by atoms with Crippen LogP contribution in [0.25, 0.3) is 33.3 Å². The summed E-state index contributed by atoms with van der Waals surface area (Å²) in [6, 6.07) is 6.91. The molecule has 1 aliphatic carbocycles. The van der Waals surface area contributed by atoms with Crippen LogP contribution in [0.1, 0.15) is 31.7 Å². The average molecular weight is 365 g/mol. The van der Waals surface area contributed by atoms with Gasteiger partial charge in [-0.15, -0.1) is 0 Å². The highest BCUT2D eigenvalue weighted by Crippen LogP contribution is 2.39. The molecule has 0 bridgehead atoms. The second kappa shape index (κ2) is 6.06. The lowest BCUT2D eigenvalue weighted by Crippen LogP contribution is -2.27. The van der Waals surface area contributed by atoms with Crippen molar-refractivity contribution < 1.29 is 8.81 Å². The Kier molecular flexibility index (Phi) is 3.65. The van der Waals surface area contributed by atoms with Crippen molar-refractivity contribution in [1.82, 2.24) is 14.5 Å². The third kappa shape index (κ3) is 2.66. The molecule has 138 valence electrons. The van der Waals surface area contributed by atoms with Crippen molar-refractivity contribution in [1.29, 1.82) is 0 Å². The van der Waals surface area contributed by atoms with Gasteiger partial charge in [-0.2, -0.15) is 0 Å². The van der Waals surface area contributed by atoms with Crippen LogP contribution in [0.2, 0.25) is 0 Å². The van der Waals surface area contributed by atoms with Gasteiger partial charge in [-0.25, -0.2) is 14.4 Å². The molecule has 1 fully saturated rings. The average Bonchev–Trinajstić information content (AvgIpc) is 3.24. The highest BCUT2D eigenvalue weighted by Gasteiger charge is 2.25. The van der Waals surface area contributed by atoms with Gasteiger partial charge in [0, 0.05) is 29.2 Å². The molecular weight excluding hydrogens is 345 g/mol. The number of nitrogen functional groups attached to an aromatic ring is 1. The van der Waals surface area contributed by atoms with Crippen LogP contribution in [-0.2, 0) is 0 Å². The van der Waals surface area contributed by atoms with Gasteiger partial charge in [0.25, 0.3) is 0 Å². The van der Waals surface area contributed by atoms with Gasteiger partial charge in [-0.05, 0) is 49.9 Å². The zero-order chi connectivity index (χ0) is 18.5. The number of fused-ring (bicyclic) bond motifs is 2. The predicted molar refractivity (Wildman–Crippen MR) is 103 cm³/mol. The molecule has 1 aliphatic rings. The van der Waals surface area contributed by atoms with Crippen LogP contribution in [0, 0.1) is 5.82 Å². The fourth-order valence-electron chi connectivity index (χ4n) is 4.10. The SMILES string of the molecule is Nc1ncnc2c1c(-c1cc3cc(F)ccc3o1)cn2C1CCC(N)CC1. The standard InChI is InChI=1S/C20H20FN5O/c21-12-1-6-16-11(7-12)8-17(27-16)15-9-26(14-4-2-13(22)3-5-14)20-18(15)19(23)24-10-25-20/h1,6-10,13-14H,2-5,22H2,(H2,23,24,25). The highest BCUT2D eigenvalue weighted by atomic mass is 19.1. The molecule has 7 heteroatoms. The van der Waals surface area contributed by atoms with E-state index in [4.69, 9.17) is 15.9 Å². The lowest BCUT2D eigenvalue weighted by Gasteiger charge is -2.27. The molecule has 4 N–H and O–H groups in total. The number of anilines is 1. The minimum atomic E-state index is -0.293. The van der Waals surface area contributed by atoms with Crippen LogP contribution < -0.4 is 11.5 Å². The van der Waals surface area contributed by atoms with Gasteiger partial charge < -0.3 is 20.5 Å². The van der Waals surface area contributed by atoms with Crippen molar-refractivity contribution in [3.63, 3.8) is 0 Å². The van der Waals surface area contributed by atoms with E-state index in [0.29, 0.717) is 28.6 Å². The summed E-state index contributed by atoms with van der Waals surface area (Å²) in [7, 11) is 0. The largest absolute Gasteiger partial charge is 0.456 e. The van der Waals surface area contributed by atoms with Crippen LogP contribution in [0.5, 0.6) is 0 Å². The van der Waals surface area contributed by atoms with E-state index in [1.807, 2.05) is 12.3 Å². The van der Waals surface area contributed by atoms with Gasteiger partial charge in [0.15, 0.2) is 0 Å². The van der Waals surface area contributed by atoms with Crippen LogP contribution in [0.3, 0.4) is 0 Å². The van der Waals surface area contributed by atoms with E-state index >= 15 is 0 Å². The number of nitrogens with two attached hydrogens (primary N) is 2. The number of nitrogens with zero attached hydrogens (tertiary/aromatic N) is 3. The van der Waals surface area contributed by atoms with Crippen LogP contribution >= 0.6 is 0 Å². The van der Waals surface area contributed by atoms with Gasteiger partial charge in [0.05, 0.1) is 5.39 Å². The molecule has 0 spiro atoms. The number of furan rings is 1. The Hall–Kier alpha value is -2.93. The number of benzene rings is 1. The van der Waals surface area contributed by atoms with Crippen molar-refractivity contribution in [2.75, 3.05) is 5.73 Å². The van der Waals surface area contributed by atoms with E-state index in [9.17, 15) is 4.39 Å². The second-order valence-corrected chi connectivity index (χ2v) is 7.27. The van der Waals surface area contributed by atoms with Crippen molar-refractivity contribution in [2.24, 2.45) is 5.73 Å². The quantitative estimate of drug-likeness (QED) is 0.559. The first-order valence-corrected chi connectivity index (χ1v) is 9.16. The molecular formula is C20H20FN5O. The molecule has 0 radical (unpaired) electrons. The van der Waals surface area contributed by atoms with Gasteiger partial charge in [0.2, 0.25) is 0 Å². The minimum Gasteiger partial charge on any atom is -0.456 e. The number of aromatic nitrogens is 3. The van der Waals surface area contributed by atoms with E-state index in [0.717, 1.165) is 42.3 Å². The molecule has 0 saturated heterocycles. The zero-order valence-corrected chi connectivity index (χ0v) is 14.7. The third-order valence-corrected chi connectivity index (χ3v) is 5.52. The van der Waals surface area contributed by atoms with Gasteiger partial charge >= 0.3 is 0 Å². The molecule has 3 aromatic heterocycles. The highest BCUT2D eigenvalue weighted by molar-refractivity contribution is 6.01. The van der Waals surface area contributed by atoms with Crippen molar-refractivity contribution >= 4 is 27.8 Å². The molecule has 5 rings (SSSR count). The number of hydrogen-bond donors (Lipinski definition) is 2. The van der Waals surface area contributed by atoms with Gasteiger partial charge in [-0.3, -0.25) is 0 Å². The number of hydrogen-bond acceptors (Lipinski definition) is 5. The summed E-state index contributed by atoms with van der Waals surface area (Å²) in [4.78, 5) is 8.65. The lowest BCUT2D eigenvalue weighted by atomic mass is 9.92. The first-order valence-electron chi connectivity index (χ1n) is 9.16. The zero-order valence-electron chi connectivity index (χ0n) is 14.7. The molecule has 3 heterocycles. The minimum absolute atomic E-state index is 0.271. The number of rotatable bonds is 2. The summed E-state index contributed by atoms with van der Waals surface area (Å²) in [6.07, 6.45) is 7.50. The van der Waals surface area contributed by atoms with Crippen LogP contribution in [0.15, 0.2) is 41.2 Å². The Balaban J connectivity index is 1.69. The maximum Gasteiger partial charge on any atom is 0.146 e. The monoisotopic (exact) mass is 365 g/mol. The first kappa shape index (κ1) is 16.3. The third-order valence-electron chi connectivity index (χ3n) is 5.52.